The Bertz CT molecular complexity index is 408. The molecule has 0 aromatic heterocycles. The van der Waals surface area contributed by atoms with Gasteiger partial charge in [0.25, 0.3) is 0 Å². The molecule has 0 radical (unpaired) electrons. The van der Waals surface area contributed by atoms with E-state index in [9.17, 15) is 4.79 Å². The van der Waals surface area contributed by atoms with E-state index in [1.165, 1.54) is 11.8 Å². The fraction of sp³-hybridized carbons (Fsp3) is 0.462. The SMILES string of the molecule is CCN(CC)C(=O)CSc1ccc(CO)c(Cl)c1. The van der Waals surface area contributed by atoms with E-state index in [2.05, 4.69) is 0 Å². The van der Waals surface area contributed by atoms with Crippen LogP contribution in [-0.4, -0.2) is 34.8 Å². The minimum absolute atomic E-state index is 0.0673. The van der Waals surface area contributed by atoms with Crippen molar-refractivity contribution in [1.82, 2.24) is 4.90 Å². The number of hydrogen-bond donors (Lipinski definition) is 1. The van der Waals surface area contributed by atoms with Crippen LogP contribution in [0.1, 0.15) is 19.4 Å². The summed E-state index contributed by atoms with van der Waals surface area (Å²) in [5, 5.41) is 9.55. The summed E-state index contributed by atoms with van der Waals surface area (Å²) in [6.07, 6.45) is 0. The maximum atomic E-state index is 11.8. The summed E-state index contributed by atoms with van der Waals surface area (Å²) >= 11 is 7.46. The lowest BCUT2D eigenvalue weighted by molar-refractivity contribution is -0.127. The van der Waals surface area contributed by atoms with Crippen LogP contribution in [0.2, 0.25) is 5.02 Å². The molecule has 0 fully saturated rings. The molecule has 5 heteroatoms. The highest BCUT2D eigenvalue weighted by atomic mass is 35.5. The number of halogens is 1. The van der Waals surface area contributed by atoms with Gasteiger partial charge in [0.05, 0.1) is 12.4 Å². The van der Waals surface area contributed by atoms with Crippen LogP contribution >= 0.6 is 23.4 Å². The van der Waals surface area contributed by atoms with Crippen molar-refractivity contribution in [2.75, 3.05) is 18.8 Å². The highest BCUT2D eigenvalue weighted by Crippen LogP contribution is 2.25. The number of rotatable bonds is 6. The Hall–Kier alpha value is -0.710. The fourth-order valence-electron chi connectivity index (χ4n) is 1.56. The molecule has 0 saturated heterocycles. The molecule has 100 valence electrons. The Morgan fingerprint density at radius 1 is 1.39 bits per heavy atom. The third kappa shape index (κ3) is 4.19. The second-order valence-corrected chi connectivity index (χ2v) is 5.22. The number of thioether (sulfide) groups is 1. The maximum Gasteiger partial charge on any atom is 0.232 e. The minimum atomic E-state index is -0.0673. The van der Waals surface area contributed by atoms with E-state index in [1.54, 1.807) is 17.0 Å². The maximum absolute atomic E-state index is 11.8. The molecule has 0 atom stereocenters. The normalized spacial score (nSPS) is 10.4. The van der Waals surface area contributed by atoms with Crippen molar-refractivity contribution in [1.29, 1.82) is 0 Å². The molecule has 1 N–H and O–H groups in total. The monoisotopic (exact) mass is 287 g/mol. The first-order chi connectivity index (χ1) is 8.62. The van der Waals surface area contributed by atoms with E-state index < -0.39 is 0 Å². The summed E-state index contributed by atoms with van der Waals surface area (Å²) in [6.45, 7) is 5.35. The first-order valence-electron chi connectivity index (χ1n) is 5.92. The van der Waals surface area contributed by atoms with E-state index >= 15 is 0 Å². The summed E-state index contributed by atoms with van der Waals surface area (Å²) in [5.41, 5.74) is 0.705. The van der Waals surface area contributed by atoms with Gasteiger partial charge < -0.3 is 10.0 Å². The topological polar surface area (TPSA) is 40.5 Å². The zero-order chi connectivity index (χ0) is 13.5. The third-order valence-electron chi connectivity index (χ3n) is 2.67. The van der Waals surface area contributed by atoms with Gasteiger partial charge in [-0.1, -0.05) is 17.7 Å². The lowest BCUT2D eigenvalue weighted by atomic mass is 10.2. The summed E-state index contributed by atoms with van der Waals surface area (Å²) in [5.74, 6) is 0.545. The summed E-state index contributed by atoms with van der Waals surface area (Å²) in [7, 11) is 0. The van der Waals surface area contributed by atoms with Gasteiger partial charge in [-0.15, -0.1) is 11.8 Å². The average Bonchev–Trinajstić information content (AvgIpc) is 2.38. The van der Waals surface area contributed by atoms with Crippen molar-refractivity contribution in [2.24, 2.45) is 0 Å². The number of benzene rings is 1. The number of hydrogen-bond acceptors (Lipinski definition) is 3. The van der Waals surface area contributed by atoms with E-state index in [0.29, 0.717) is 16.3 Å². The van der Waals surface area contributed by atoms with Crippen molar-refractivity contribution in [3.05, 3.63) is 28.8 Å². The van der Waals surface area contributed by atoms with E-state index in [-0.39, 0.29) is 12.5 Å². The highest BCUT2D eigenvalue weighted by molar-refractivity contribution is 8.00. The van der Waals surface area contributed by atoms with Gasteiger partial charge in [-0.3, -0.25) is 4.79 Å². The number of carbonyl (C=O) groups excluding carboxylic acids is 1. The molecule has 0 spiro atoms. The molecule has 0 bridgehead atoms. The van der Waals surface area contributed by atoms with Gasteiger partial charge in [0.1, 0.15) is 0 Å². The second kappa shape index (κ2) is 7.67. The second-order valence-electron chi connectivity index (χ2n) is 3.77. The number of carbonyl (C=O) groups is 1. The average molecular weight is 288 g/mol. The first kappa shape index (κ1) is 15.3. The number of nitrogens with zero attached hydrogens (tertiary/aromatic N) is 1. The zero-order valence-electron chi connectivity index (χ0n) is 10.6. The number of aliphatic hydroxyl groups is 1. The molecule has 0 saturated carbocycles. The van der Waals surface area contributed by atoms with Gasteiger partial charge in [-0.05, 0) is 31.5 Å². The largest absolute Gasteiger partial charge is 0.392 e. The molecule has 0 unspecified atom stereocenters. The summed E-state index contributed by atoms with van der Waals surface area (Å²) in [6, 6.07) is 5.44. The van der Waals surface area contributed by atoms with E-state index in [1.807, 2.05) is 19.9 Å². The molecule has 18 heavy (non-hydrogen) atoms. The molecule has 0 aliphatic rings. The van der Waals surface area contributed by atoms with Crippen molar-refractivity contribution in [3.8, 4) is 0 Å². The van der Waals surface area contributed by atoms with Crippen LogP contribution in [0.5, 0.6) is 0 Å². The number of amides is 1. The molecule has 3 nitrogen and oxygen atoms in total. The van der Waals surface area contributed by atoms with Gasteiger partial charge in [0.15, 0.2) is 0 Å². The lowest BCUT2D eigenvalue weighted by Crippen LogP contribution is -2.31. The molecule has 1 rings (SSSR count). The van der Waals surface area contributed by atoms with Gasteiger partial charge in [-0.25, -0.2) is 0 Å². The molecule has 1 aromatic rings. The standard InChI is InChI=1S/C13H18ClNO2S/c1-3-15(4-2)13(17)9-18-11-6-5-10(8-16)12(14)7-11/h5-7,16H,3-4,8-9H2,1-2H3. The van der Waals surface area contributed by atoms with E-state index in [4.69, 9.17) is 16.7 Å². The van der Waals surface area contributed by atoms with Crippen LogP contribution in [0.25, 0.3) is 0 Å². The molecular weight excluding hydrogens is 270 g/mol. The van der Waals surface area contributed by atoms with Crippen LogP contribution in [0.4, 0.5) is 0 Å². The molecular formula is C13H18ClNO2S. The lowest BCUT2D eigenvalue weighted by Gasteiger charge is -2.18. The van der Waals surface area contributed by atoms with Crippen molar-refractivity contribution < 1.29 is 9.90 Å². The van der Waals surface area contributed by atoms with Crippen molar-refractivity contribution in [2.45, 2.75) is 25.3 Å². The van der Waals surface area contributed by atoms with Crippen LogP contribution < -0.4 is 0 Å². The van der Waals surface area contributed by atoms with Crippen LogP contribution in [-0.2, 0) is 11.4 Å². The molecule has 0 heterocycles. The predicted molar refractivity (Wildman–Crippen MR) is 76.0 cm³/mol. The predicted octanol–water partition coefficient (Wildman–Crippen LogP) is 2.79. The van der Waals surface area contributed by atoms with Crippen LogP contribution in [0, 0.1) is 0 Å². The van der Waals surface area contributed by atoms with Gasteiger partial charge >= 0.3 is 0 Å². The molecule has 0 aliphatic heterocycles. The van der Waals surface area contributed by atoms with Crippen LogP contribution in [0.15, 0.2) is 23.1 Å². The van der Waals surface area contributed by atoms with Crippen LogP contribution in [0.3, 0.4) is 0 Å². The Kier molecular flexibility index (Phi) is 6.54. The summed E-state index contributed by atoms with van der Waals surface area (Å²) < 4.78 is 0. The minimum Gasteiger partial charge on any atom is -0.392 e. The Morgan fingerprint density at radius 3 is 2.56 bits per heavy atom. The zero-order valence-corrected chi connectivity index (χ0v) is 12.2. The van der Waals surface area contributed by atoms with E-state index in [0.717, 1.165) is 18.0 Å². The highest BCUT2D eigenvalue weighted by Gasteiger charge is 2.10. The fourth-order valence-corrected chi connectivity index (χ4v) is 2.70. The Morgan fingerprint density at radius 2 is 2.06 bits per heavy atom. The van der Waals surface area contributed by atoms with Crippen molar-refractivity contribution in [3.63, 3.8) is 0 Å². The van der Waals surface area contributed by atoms with Crippen molar-refractivity contribution >= 4 is 29.3 Å². The quantitative estimate of drug-likeness (QED) is 0.818. The van der Waals surface area contributed by atoms with Gasteiger partial charge in [0, 0.05) is 23.0 Å². The Labute approximate surface area is 117 Å². The molecule has 1 amide bonds. The third-order valence-corrected chi connectivity index (χ3v) is 4.00. The van der Waals surface area contributed by atoms with Gasteiger partial charge in [-0.2, -0.15) is 0 Å². The smallest absolute Gasteiger partial charge is 0.232 e. The van der Waals surface area contributed by atoms with Gasteiger partial charge in [0.2, 0.25) is 5.91 Å². The molecule has 0 aliphatic carbocycles. The molecule has 1 aromatic carbocycles. The first-order valence-corrected chi connectivity index (χ1v) is 7.28. The summed E-state index contributed by atoms with van der Waals surface area (Å²) in [4.78, 5) is 14.6. The number of aliphatic hydroxyl groups excluding tert-OH is 1. The Balaban J connectivity index is 2.58.